The van der Waals surface area contributed by atoms with Crippen LogP contribution in [0.5, 0.6) is 0 Å². The van der Waals surface area contributed by atoms with Crippen LogP contribution in [0.2, 0.25) is 0 Å². The van der Waals surface area contributed by atoms with Gasteiger partial charge < -0.3 is 5.32 Å². The van der Waals surface area contributed by atoms with Gasteiger partial charge in [0.25, 0.3) is 0 Å². The molecular formula is C15H12F3N3S. The van der Waals surface area contributed by atoms with Gasteiger partial charge in [0.1, 0.15) is 5.82 Å². The summed E-state index contributed by atoms with van der Waals surface area (Å²) in [5, 5.41) is 5.55. The van der Waals surface area contributed by atoms with E-state index < -0.39 is 12.0 Å². The molecule has 114 valence electrons. The zero-order valence-corrected chi connectivity index (χ0v) is 12.4. The SMILES string of the molecule is C[C@H](Nc1nc(C(F)(F)F)nc2ccccc12)c1cccs1. The quantitative estimate of drug-likeness (QED) is 0.746. The molecule has 1 atom stereocenters. The third-order valence-electron chi connectivity index (χ3n) is 3.18. The van der Waals surface area contributed by atoms with E-state index in [9.17, 15) is 13.2 Å². The third-order valence-corrected chi connectivity index (χ3v) is 4.23. The minimum Gasteiger partial charge on any atom is -0.362 e. The Kier molecular flexibility index (Phi) is 3.74. The number of nitrogens with one attached hydrogen (secondary N) is 1. The Labute approximate surface area is 128 Å². The summed E-state index contributed by atoms with van der Waals surface area (Å²) in [6.07, 6.45) is -4.58. The van der Waals surface area contributed by atoms with Crippen molar-refractivity contribution in [1.82, 2.24) is 9.97 Å². The molecule has 22 heavy (non-hydrogen) atoms. The van der Waals surface area contributed by atoms with Crippen molar-refractivity contribution >= 4 is 28.1 Å². The maximum Gasteiger partial charge on any atom is 0.451 e. The van der Waals surface area contributed by atoms with Crippen molar-refractivity contribution in [2.45, 2.75) is 19.1 Å². The molecule has 0 aliphatic carbocycles. The van der Waals surface area contributed by atoms with E-state index in [1.54, 1.807) is 24.3 Å². The van der Waals surface area contributed by atoms with Gasteiger partial charge in [0.2, 0.25) is 5.82 Å². The number of alkyl halides is 3. The molecule has 0 spiro atoms. The molecule has 3 aromatic rings. The number of para-hydroxylation sites is 1. The van der Waals surface area contributed by atoms with E-state index in [1.807, 2.05) is 24.4 Å². The van der Waals surface area contributed by atoms with Crippen molar-refractivity contribution in [3.8, 4) is 0 Å². The molecule has 0 aliphatic heterocycles. The Morgan fingerprint density at radius 2 is 1.86 bits per heavy atom. The molecule has 0 aliphatic rings. The minimum atomic E-state index is -4.58. The first kappa shape index (κ1) is 14.8. The van der Waals surface area contributed by atoms with Gasteiger partial charge in [-0.05, 0) is 30.5 Å². The monoisotopic (exact) mass is 323 g/mol. The van der Waals surface area contributed by atoms with Crippen molar-refractivity contribution < 1.29 is 13.2 Å². The molecule has 2 heterocycles. The van der Waals surface area contributed by atoms with E-state index in [2.05, 4.69) is 15.3 Å². The molecule has 1 N–H and O–H groups in total. The lowest BCUT2D eigenvalue weighted by Crippen LogP contribution is -2.15. The Balaban J connectivity index is 2.07. The summed E-state index contributed by atoms with van der Waals surface area (Å²) in [5.41, 5.74) is 0.269. The van der Waals surface area contributed by atoms with Crippen LogP contribution in [0.25, 0.3) is 10.9 Å². The van der Waals surface area contributed by atoms with E-state index in [0.29, 0.717) is 5.39 Å². The fourth-order valence-corrected chi connectivity index (χ4v) is 2.86. The minimum absolute atomic E-state index is 0.139. The van der Waals surface area contributed by atoms with Gasteiger partial charge in [0.05, 0.1) is 11.6 Å². The molecular weight excluding hydrogens is 311 g/mol. The highest BCUT2D eigenvalue weighted by molar-refractivity contribution is 7.10. The smallest absolute Gasteiger partial charge is 0.362 e. The molecule has 3 nitrogen and oxygen atoms in total. The summed E-state index contributed by atoms with van der Waals surface area (Å²) in [5.74, 6) is -0.939. The second kappa shape index (κ2) is 5.57. The molecule has 0 amide bonds. The fraction of sp³-hybridized carbons (Fsp3) is 0.200. The molecule has 2 aromatic heterocycles. The van der Waals surface area contributed by atoms with Crippen molar-refractivity contribution in [3.05, 3.63) is 52.5 Å². The van der Waals surface area contributed by atoms with Gasteiger partial charge in [0.15, 0.2) is 0 Å². The van der Waals surface area contributed by atoms with Crippen molar-refractivity contribution in [2.75, 3.05) is 5.32 Å². The van der Waals surface area contributed by atoms with Crippen molar-refractivity contribution in [1.29, 1.82) is 0 Å². The number of halogens is 3. The number of thiophene rings is 1. The van der Waals surface area contributed by atoms with Crippen LogP contribution in [0.4, 0.5) is 19.0 Å². The number of aromatic nitrogens is 2. The van der Waals surface area contributed by atoms with Gasteiger partial charge in [-0.3, -0.25) is 0 Å². The Bertz CT molecular complexity index is 784. The standard InChI is InChI=1S/C15H12F3N3S/c1-9(12-7-4-8-22-12)19-13-10-5-2-3-6-11(10)20-14(21-13)15(16,17)18/h2-9H,1H3,(H,19,20,21)/t9-/m0/s1. The van der Waals surface area contributed by atoms with Gasteiger partial charge in [0, 0.05) is 10.3 Å². The molecule has 0 radical (unpaired) electrons. The predicted molar refractivity (Wildman–Crippen MR) is 80.9 cm³/mol. The molecule has 0 saturated heterocycles. The lowest BCUT2D eigenvalue weighted by molar-refractivity contribution is -0.144. The summed E-state index contributed by atoms with van der Waals surface area (Å²) in [7, 11) is 0. The zero-order chi connectivity index (χ0) is 15.7. The normalized spacial score (nSPS) is 13.3. The van der Waals surface area contributed by atoms with Crippen LogP contribution < -0.4 is 5.32 Å². The summed E-state index contributed by atoms with van der Waals surface area (Å²) in [6, 6.07) is 10.3. The Morgan fingerprint density at radius 3 is 2.55 bits per heavy atom. The van der Waals surface area contributed by atoms with E-state index in [-0.39, 0.29) is 17.4 Å². The van der Waals surface area contributed by atoms with E-state index in [0.717, 1.165) is 4.88 Å². The van der Waals surface area contributed by atoms with Crippen molar-refractivity contribution in [3.63, 3.8) is 0 Å². The van der Waals surface area contributed by atoms with Crippen molar-refractivity contribution in [2.24, 2.45) is 0 Å². The van der Waals surface area contributed by atoms with Gasteiger partial charge in [-0.1, -0.05) is 18.2 Å². The highest BCUT2D eigenvalue weighted by atomic mass is 32.1. The summed E-state index contributed by atoms with van der Waals surface area (Å²) >= 11 is 1.54. The maximum atomic E-state index is 13.0. The van der Waals surface area contributed by atoms with Crippen LogP contribution in [0.3, 0.4) is 0 Å². The summed E-state index contributed by atoms with van der Waals surface area (Å²) < 4.78 is 38.9. The van der Waals surface area contributed by atoms with E-state index in [1.165, 1.54) is 11.3 Å². The number of benzene rings is 1. The van der Waals surface area contributed by atoms with Gasteiger partial charge in [-0.2, -0.15) is 13.2 Å². The highest BCUT2D eigenvalue weighted by Gasteiger charge is 2.35. The van der Waals surface area contributed by atoms with Gasteiger partial charge in [-0.25, -0.2) is 9.97 Å². The molecule has 1 aromatic carbocycles. The highest BCUT2D eigenvalue weighted by Crippen LogP contribution is 2.32. The molecule has 0 bridgehead atoms. The van der Waals surface area contributed by atoms with Gasteiger partial charge >= 0.3 is 6.18 Å². The van der Waals surface area contributed by atoms with Crippen LogP contribution in [-0.4, -0.2) is 9.97 Å². The average Bonchev–Trinajstić information content (AvgIpc) is 3.00. The third kappa shape index (κ3) is 2.89. The molecule has 3 rings (SSSR count). The van der Waals surface area contributed by atoms with Gasteiger partial charge in [-0.15, -0.1) is 11.3 Å². The van der Waals surface area contributed by atoms with Crippen LogP contribution in [0.1, 0.15) is 23.7 Å². The van der Waals surface area contributed by atoms with Crippen LogP contribution in [0, 0.1) is 0 Å². The number of anilines is 1. The second-order valence-electron chi connectivity index (χ2n) is 4.79. The summed E-state index contributed by atoms with van der Waals surface area (Å²) in [4.78, 5) is 8.31. The number of hydrogen-bond acceptors (Lipinski definition) is 4. The number of rotatable bonds is 3. The predicted octanol–water partition coefficient (Wildman–Crippen LogP) is 4.88. The first-order chi connectivity index (χ1) is 10.4. The first-order valence-electron chi connectivity index (χ1n) is 6.59. The fourth-order valence-electron chi connectivity index (χ4n) is 2.13. The maximum absolute atomic E-state index is 13.0. The molecule has 0 saturated carbocycles. The van der Waals surface area contributed by atoms with E-state index >= 15 is 0 Å². The molecule has 7 heteroatoms. The second-order valence-corrected chi connectivity index (χ2v) is 5.77. The molecule has 0 fully saturated rings. The number of fused-ring (bicyclic) bond motifs is 1. The average molecular weight is 323 g/mol. The number of hydrogen-bond donors (Lipinski definition) is 1. The Morgan fingerprint density at radius 1 is 1.09 bits per heavy atom. The van der Waals surface area contributed by atoms with Crippen LogP contribution in [-0.2, 0) is 6.18 Å². The topological polar surface area (TPSA) is 37.8 Å². The van der Waals surface area contributed by atoms with Crippen LogP contribution in [0.15, 0.2) is 41.8 Å². The van der Waals surface area contributed by atoms with Crippen LogP contribution >= 0.6 is 11.3 Å². The Hall–Kier alpha value is -2.15. The first-order valence-corrected chi connectivity index (χ1v) is 7.47. The summed E-state index contributed by atoms with van der Waals surface area (Å²) in [6.45, 7) is 1.88. The molecule has 0 unspecified atom stereocenters. The number of nitrogens with zero attached hydrogens (tertiary/aromatic N) is 2. The van der Waals surface area contributed by atoms with E-state index in [4.69, 9.17) is 0 Å². The largest absolute Gasteiger partial charge is 0.451 e. The lowest BCUT2D eigenvalue weighted by Gasteiger charge is -2.16. The zero-order valence-electron chi connectivity index (χ0n) is 11.6. The lowest BCUT2D eigenvalue weighted by atomic mass is 10.2.